The molecule has 0 spiro atoms. The fourth-order valence-corrected chi connectivity index (χ4v) is 1.23. The summed E-state index contributed by atoms with van der Waals surface area (Å²) in [6.07, 6.45) is -0.0733. The molecular weight excluding hydrogens is 210 g/mol. The van der Waals surface area contributed by atoms with Gasteiger partial charge in [0.25, 0.3) is 0 Å². The van der Waals surface area contributed by atoms with Crippen LogP contribution in [0.1, 0.15) is 12.8 Å². The van der Waals surface area contributed by atoms with Crippen molar-refractivity contribution in [2.75, 3.05) is 13.1 Å². The van der Waals surface area contributed by atoms with E-state index in [1.54, 1.807) is 0 Å². The van der Waals surface area contributed by atoms with Gasteiger partial charge in [-0.1, -0.05) is 0 Å². The second-order valence-electron chi connectivity index (χ2n) is 2.59. The number of hydrogen-bond acceptors (Lipinski definition) is 3. The molecule has 0 bridgehead atoms. The summed E-state index contributed by atoms with van der Waals surface area (Å²) in [5, 5.41) is 0. The van der Waals surface area contributed by atoms with Gasteiger partial charge in [-0.15, -0.1) is 0 Å². The molecule has 0 saturated heterocycles. The number of nitrogens with two attached hydrogens (primary N) is 2. The van der Waals surface area contributed by atoms with Gasteiger partial charge in [-0.3, -0.25) is 14.1 Å². The number of hydrogen-bond donors (Lipinski definition) is 3. The molecule has 5 N–H and O–H groups in total. The number of rotatable bonds is 7. The molecule has 0 rings (SSSR count). The summed E-state index contributed by atoms with van der Waals surface area (Å²) in [5.41, 5.74) is 9.72. The molecule has 14 heavy (non-hydrogen) atoms. The molecule has 82 valence electrons. The SMILES string of the molecule is NC(=O)CCN(CCC(N)=O)S(=O)O. The van der Waals surface area contributed by atoms with Crippen molar-refractivity contribution in [1.82, 2.24) is 4.31 Å². The Labute approximate surface area is 83.8 Å². The summed E-state index contributed by atoms with van der Waals surface area (Å²) >= 11 is -2.22. The lowest BCUT2D eigenvalue weighted by atomic mass is 10.3. The Kier molecular flexibility index (Phi) is 6.00. The van der Waals surface area contributed by atoms with E-state index in [1.807, 2.05) is 0 Å². The van der Waals surface area contributed by atoms with Crippen LogP contribution in [0.2, 0.25) is 0 Å². The molecule has 8 heteroatoms. The molecule has 7 nitrogen and oxygen atoms in total. The molecule has 0 aliphatic heterocycles. The predicted molar refractivity (Wildman–Crippen MR) is 50.0 cm³/mol. The van der Waals surface area contributed by atoms with E-state index >= 15 is 0 Å². The number of carbonyl (C=O) groups is 2. The van der Waals surface area contributed by atoms with Gasteiger partial charge in [-0.05, 0) is 0 Å². The molecule has 0 fully saturated rings. The van der Waals surface area contributed by atoms with E-state index in [9.17, 15) is 13.8 Å². The molecule has 1 unspecified atom stereocenters. The van der Waals surface area contributed by atoms with Crippen molar-refractivity contribution < 1.29 is 18.4 Å². The van der Waals surface area contributed by atoms with Crippen molar-refractivity contribution in [3.05, 3.63) is 0 Å². The van der Waals surface area contributed by atoms with Gasteiger partial charge in [0, 0.05) is 25.9 Å². The Morgan fingerprint density at radius 2 is 1.50 bits per heavy atom. The Morgan fingerprint density at radius 3 is 1.71 bits per heavy atom. The van der Waals surface area contributed by atoms with Crippen LogP contribution < -0.4 is 11.5 Å². The topological polar surface area (TPSA) is 127 Å². The predicted octanol–water partition coefficient (Wildman–Crippen LogP) is -1.82. The summed E-state index contributed by atoms with van der Waals surface area (Å²) in [5.74, 6) is -1.14. The molecule has 0 radical (unpaired) electrons. The summed E-state index contributed by atoms with van der Waals surface area (Å²) in [6.45, 7) is 0.0669. The van der Waals surface area contributed by atoms with E-state index in [0.29, 0.717) is 0 Å². The fourth-order valence-electron chi connectivity index (χ4n) is 0.738. The zero-order chi connectivity index (χ0) is 11.1. The van der Waals surface area contributed by atoms with E-state index < -0.39 is 23.1 Å². The van der Waals surface area contributed by atoms with Gasteiger partial charge in [-0.2, -0.15) is 0 Å². The summed E-state index contributed by atoms with van der Waals surface area (Å²) in [7, 11) is 0. The molecule has 2 amide bonds. The molecule has 0 saturated carbocycles. The van der Waals surface area contributed by atoms with Crippen molar-refractivity contribution in [3.8, 4) is 0 Å². The third-order valence-electron chi connectivity index (χ3n) is 1.44. The first-order valence-electron chi connectivity index (χ1n) is 3.86. The quantitative estimate of drug-likeness (QED) is 0.439. The Hall–Kier alpha value is -0.990. The monoisotopic (exact) mass is 223 g/mol. The minimum Gasteiger partial charge on any atom is -0.370 e. The lowest BCUT2D eigenvalue weighted by Gasteiger charge is -2.15. The minimum atomic E-state index is -2.22. The lowest BCUT2D eigenvalue weighted by molar-refractivity contribution is -0.118. The van der Waals surface area contributed by atoms with E-state index in [0.717, 1.165) is 4.31 Å². The van der Waals surface area contributed by atoms with Crippen molar-refractivity contribution in [2.24, 2.45) is 11.5 Å². The first-order valence-corrected chi connectivity index (χ1v) is 4.92. The van der Waals surface area contributed by atoms with Gasteiger partial charge in [0.1, 0.15) is 0 Å². The highest BCUT2D eigenvalue weighted by Gasteiger charge is 2.12. The number of carbonyl (C=O) groups excluding carboxylic acids is 2. The van der Waals surface area contributed by atoms with Crippen LogP contribution in [0.15, 0.2) is 0 Å². The highest BCUT2D eigenvalue weighted by Crippen LogP contribution is 1.96. The lowest BCUT2D eigenvalue weighted by Crippen LogP contribution is -2.32. The fraction of sp³-hybridized carbons (Fsp3) is 0.667. The molecular formula is C6H13N3O4S. The van der Waals surface area contributed by atoms with Crippen LogP contribution in [0.4, 0.5) is 0 Å². The molecule has 0 aromatic rings. The van der Waals surface area contributed by atoms with Crippen molar-refractivity contribution >= 4 is 23.1 Å². The maximum Gasteiger partial charge on any atom is 0.234 e. The van der Waals surface area contributed by atoms with E-state index in [2.05, 4.69) is 0 Å². The second-order valence-corrected chi connectivity index (χ2v) is 3.57. The number of nitrogens with zero attached hydrogens (tertiary/aromatic N) is 1. The summed E-state index contributed by atoms with van der Waals surface area (Å²) in [4.78, 5) is 20.8. The second kappa shape index (κ2) is 6.46. The molecule has 0 aliphatic carbocycles. The highest BCUT2D eigenvalue weighted by atomic mass is 32.2. The largest absolute Gasteiger partial charge is 0.370 e. The zero-order valence-corrected chi connectivity index (χ0v) is 8.33. The first kappa shape index (κ1) is 13.0. The van der Waals surface area contributed by atoms with Crippen LogP contribution in [-0.4, -0.2) is 38.0 Å². The number of amides is 2. The molecule has 1 atom stereocenters. The smallest absolute Gasteiger partial charge is 0.234 e. The maximum atomic E-state index is 10.7. The molecule has 0 aliphatic rings. The molecule has 0 aromatic heterocycles. The van der Waals surface area contributed by atoms with Gasteiger partial charge in [0.15, 0.2) is 0 Å². The standard InChI is InChI=1S/C6H13N3O4S/c7-5(10)1-3-9(14(12)13)4-2-6(8)11/h1-4H2,(H2,7,10)(H2,8,11)(H,12,13). The Bertz CT molecular complexity index is 227. The first-order chi connectivity index (χ1) is 6.43. The average Bonchev–Trinajstić information content (AvgIpc) is 2.02. The van der Waals surface area contributed by atoms with Gasteiger partial charge in [-0.25, -0.2) is 8.51 Å². The minimum absolute atomic E-state index is 0.0335. The summed E-state index contributed by atoms with van der Waals surface area (Å²) < 4.78 is 20.4. The van der Waals surface area contributed by atoms with Crippen LogP contribution in [0.25, 0.3) is 0 Å². The van der Waals surface area contributed by atoms with E-state index in [4.69, 9.17) is 16.0 Å². The maximum absolute atomic E-state index is 10.7. The Balaban J connectivity index is 3.96. The van der Waals surface area contributed by atoms with Gasteiger partial charge in [0.05, 0.1) is 0 Å². The van der Waals surface area contributed by atoms with Crippen LogP contribution in [0.5, 0.6) is 0 Å². The van der Waals surface area contributed by atoms with E-state index in [-0.39, 0.29) is 25.9 Å². The van der Waals surface area contributed by atoms with Crippen molar-refractivity contribution in [3.63, 3.8) is 0 Å². The van der Waals surface area contributed by atoms with Gasteiger partial charge >= 0.3 is 0 Å². The number of primary amides is 2. The Morgan fingerprint density at radius 1 is 1.14 bits per heavy atom. The van der Waals surface area contributed by atoms with Gasteiger partial charge in [0.2, 0.25) is 23.1 Å². The van der Waals surface area contributed by atoms with E-state index in [1.165, 1.54) is 0 Å². The van der Waals surface area contributed by atoms with Crippen LogP contribution in [-0.2, 0) is 20.9 Å². The van der Waals surface area contributed by atoms with Crippen LogP contribution in [0.3, 0.4) is 0 Å². The van der Waals surface area contributed by atoms with Crippen molar-refractivity contribution in [2.45, 2.75) is 12.8 Å². The summed E-state index contributed by atoms with van der Waals surface area (Å²) in [6, 6.07) is 0. The highest BCUT2D eigenvalue weighted by molar-refractivity contribution is 7.76. The zero-order valence-electron chi connectivity index (χ0n) is 7.51. The van der Waals surface area contributed by atoms with Crippen LogP contribution in [0, 0.1) is 0 Å². The average molecular weight is 223 g/mol. The van der Waals surface area contributed by atoms with Gasteiger partial charge < -0.3 is 11.5 Å². The third kappa shape index (κ3) is 6.52. The molecule has 0 aromatic carbocycles. The molecule has 0 heterocycles. The normalized spacial score (nSPS) is 12.7. The van der Waals surface area contributed by atoms with Crippen molar-refractivity contribution in [1.29, 1.82) is 0 Å². The van der Waals surface area contributed by atoms with Crippen LogP contribution >= 0.6 is 0 Å². The third-order valence-corrected chi connectivity index (χ3v) is 2.24.